The van der Waals surface area contributed by atoms with E-state index < -0.39 is 64.4 Å². The van der Waals surface area contributed by atoms with Crippen molar-refractivity contribution >= 4 is 34.7 Å². The van der Waals surface area contributed by atoms with Crippen molar-refractivity contribution in [2.75, 3.05) is 33.1 Å². The van der Waals surface area contributed by atoms with Crippen molar-refractivity contribution in [2.24, 2.45) is 29.4 Å². The largest absolute Gasteiger partial charge is 0.507 e. The summed E-state index contributed by atoms with van der Waals surface area (Å²) in [5, 5.41) is 23.4. The predicted molar refractivity (Wildman–Crippen MR) is 160 cm³/mol. The number of nitrogens with zero attached hydrogens (tertiary/aromatic N) is 2. The van der Waals surface area contributed by atoms with E-state index in [-0.39, 0.29) is 24.2 Å². The van der Waals surface area contributed by atoms with Gasteiger partial charge in [0.2, 0.25) is 5.91 Å². The van der Waals surface area contributed by atoms with Gasteiger partial charge in [0.25, 0.3) is 0 Å². The number of carbonyl (C=O) groups excluding carboxylic acids is 5. The van der Waals surface area contributed by atoms with E-state index >= 15 is 0 Å². The quantitative estimate of drug-likeness (QED) is 0.411. The number of hydrogen-bond acceptors (Lipinski definition) is 9. The Morgan fingerprint density at radius 1 is 1.05 bits per heavy atom. The second kappa shape index (κ2) is 11.0. The van der Waals surface area contributed by atoms with Gasteiger partial charge in [-0.3, -0.25) is 28.9 Å². The summed E-state index contributed by atoms with van der Waals surface area (Å²) in [6, 6.07) is 8.46. The van der Waals surface area contributed by atoms with Crippen LogP contribution in [-0.2, 0) is 32.0 Å². The van der Waals surface area contributed by atoms with Crippen molar-refractivity contribution in [3.63, 3.8) is 0 Å². The number of carbonyl (C=O) groups is 5. The summed E-state index contributed by atoms with van der Waals surface area (Å²) in [4.78, 5) is 70.7. The van der Waals surface area contributed by atoms with Crippen LogP contribution >= 0.6 is 0 Å². The van der Waals surface area contributed by atoms with E-state index in [1.807, 2.05) is 49.3 Å². The third kappa shape index (κ3) is 4.58. The van der Waals surface area contributed by atoms with E-state index in [1.165, 1.54) is 4.90 Å². The molecule has 10 heteroatoms. The Hall–Kier alpha value is -3.89. The maximum absolute atomic E-state index is 14.2. The fourth-order valence-corrected chi connectivity index (χ4v) is 7.50. The van der Waals surface area contributed by atoms with Crippen LogP contribution in [0.25, 0.3) is 11.1 Å². The molecule has 1 amide bonds. The number of rotatable bonds is 7. The summed E-state index contributed by atoms with van der Waals surface area (Å²) < 4.78 is 0. The molecular formula is C33H39N3O7. The van der Waals surface area contributed by atoms with Crippen molar-refractivity contribution in [3.05, 3.63) is 47.0 Å². The first-order chi connectivity index (χ1) is 20.2. The van der Waals surface area contributed by atoms with Crippen LogP contribution in [0.4, 0.5) is 5.69 Å². The minimum Gasteiger partial charge on any atom is -0.507 e. The van der Waals surface area contributed by atoms with Crippen molar-refractivity contribution in [1.82, 2.24) is 4.90 Å². The molecular weight excluding hydrogens is 550 g/mol. The van der Waals surface area contributed by atoms with Crippen LogP contribution in [0, 0.1) is 23.7 Å². The molecule has 0 heterocycles. The van der Waals surface area contributed by atoms with E-state index in [4.69, 9.17) is 5.73 Å². The van der Waals surface area contributed by atoms with Gasteiger partial charge in [0.1, 0.15) is 5.75 Å². The highest BCUT2D eigenvalue weighted by Crippen LogP contribution is 2.53. The Kier molecular flexibility index (Phi) is 7.81. The number of fused-ring (bicyclic) bond motifs is 3. The zero-order chi connectivity index (χ0) is 31.5. The molecule has 2 fully saturated rings. The van der Waals surface area contributed by atoms with E-state index in [1.54, 1.807) is 14.1 Å². The Morgan fingerprint density at radius 2 is 1.70 bits per heavy atom. The molecule has 3 aliphatic rings. The molecule has 2 aromatic carbocycles. The SMILES string of the molecule is CCCCc1ccc(-c2cc(N(C)C)c3c(c2O)C(=O)C2C(=O)[C@]4(O)C(=O)C(C(N)=O)C(=O)[C@@H](N(C)C)[C@@H]4C[C@@H]2C3)cc1. The summed E-state index contributed by atoms with van der Waals surface area (Å²) >= 11 is 0. The van der Waals surface area contributed by atoms with E-state index in [2.05, 4.69) is 6.92 Å². The molecule has 0 radical (unpaired) electrons. The fraction of sp³-hybridized carbons (Fsp3) is 0.485. The van der Waals surface area contributed by atoms with Gasteiger partial charge in [-0.05, 0) is 68.5 Å². The lowest BCUT2D eigenvalue weighted by Gasteiger charge is -2.52. The van der Waals surface area contributed by atoms with Gasteiger partial charge in [0.15, 0.2) is 34.7 Å². The first kappa shape index (κ1) is 30.6. The summed E-state index contributed by atoms with van der Waals surface area (Å²) in [5.74, 6) is -10.5. The standard InChI is InChI=1S/C33H39N3O7/c1-6-7-8-16-9-11-17(12-10-16)19-15-22(35(2)3)20-13-18-14-21-26(36(4)5)29(39)25(32(34)42)31(41)33(21,43)30(40)23(18)28(38)24(20)27(19)37/h9-12,15,18,21,23,25-26,37,43H,6-8,13-14H2,1-5H3,(H2,34,42)/t18-,21-,23?,25?,26-,33-/m0/s1. The van der Waals surface area contributed by atoms with Crippen LogP contribution < -0.4 is 10.6 Å². The van der Waals surface area contributed by atoms with Gasteiger partial charge in [-0.25, -0.2) is 0 Å². The van der Waals surface area contributed by atoms with Crippen LogP contribution in [0.5, 0.6) is 5.75 Å². The molecule has 2 saturated carbocycles. The van der Waals surface area contributed by atoms with Gasteiger partial charge >= 0.3 is 0 Å². The molecule has 0 saturated heterocycles. The zero-order valence-electron chi connectivity index (χ0n) is 25.2. The molecule has 10 nitrogen and oxygen atoms in total. The molecule has 228 valence electrons. The molecule has 4 N–H and O–H groups in total. The lowest BCUT2D eigenvalue weighted by atomic mass is 9.52. The fourth-order valence-electron chi connectivity index (χ4n) is 7.50. The van der Waals surface area contributed by atoms with Gasteiger partial charge in [-0.2, -0.15) is 0 Å². The number of aromatic hydroxyl groups is 1. The third-order valence-corrected chi connectivity index (χ3v) is 9.60. The maximum Gasteiger partial charge on any atom is 0.235 e. The van der Waals surface area contributed by atoms with Crippen molar-refractivity contribution in [1.29, 1.82) is 0 Å². The lowest BCUT2D eigenvalue weighted by Crippen LogP contribution is -2.74. The minimum atomic E-state index is -2.75. The van der Waals surface area contributed by atoms with Gasteiger partial charge in [0.05, 0.1) is 17.5 Å². The molecule has 2 unspecified atom stereocenters. The Balaban J connectivity index is 1.63. The second-order valence-corrected chi connectivity index (χ2v) is 12.6. The van der Waals surface area contributed by atoms with E-state index in [0.717, 1.165) is 24.8 Å². The van der Waals surface area contributed by atoms with Gasteiger partial charge < -0.3 is 20.8 Å². The van der Waals surface area contributed by atoms with E-state index in [0.29, 0.717) is 22.4 Å². The molecule has 0 aromatic heterocycles. The molecule has 5 rings (SSSR count). The average molecular weight is 590 g/mol. The normalized spacial score (nSPS) is 28.4. The average Bonchev–Trinajstić information content (AvgIpc) is 2.93. The number of amides is 1. The molecule has 0 bridgehead atoms. The highest BCUT2D eigenvalue weighted by Gasteiger charge is 2.69. The zero-order valence-corrected chi connectivity index (χ0v) is 25.2. The van der Waals surface area contributed by atoms with Crippen LogP contribution in [0.3, 0.4) is 0 Å². The number of likely N-dealkylation sites (N-methyl/N-ethyl adjacent to an activating group) is 1. The first-order valence-electron chi connectivity index (χ1n) is 14.8. The molecule has 6 atom stereocenters. The number of phenolic OH excluding ortho intramolecular Hbond substituents is 1. The third-order valence-electron chi connectivity index (χ3n) is 9.60. The number of unbranched alkanes of at least 4 members (excludes halogenated alkanes) is 1. The topological polar surface area (TPSA) is 158 Å². The second-order valence-electron chi connectivity index (χ2n) is 12.6. The number of Topliss-reactive ketones (excluding diaryl/α,β-unsaturated/α-hetero) is 4. The van der Waals surface area contributed by atoms with Crippen LogP contribution in [-0.4, -0.2) is 84.0 Å². The molecule has 3 aliphatic carbocycles. The number of aliphatic hydroxyl groups is 1. The first-order valence-corrected chi connectivity index (χ1v) is 14.8. The van der Waals surface area contributed by atoms with Crippen LogP contribution in [0.15, 0.2) is 30.3 Å². The number of primary amides is 1. The molecule has 2 aromatic rings. The summed E-state index contributed by atoms with van der Waals surface area (Å²) in [6.07, 6.45) is 3.28. The van der Waals surface area contributed by atoms with Crippen molar-refractivity contribution < 1.29 is 34.2 Å². The number of anilines is 1. The van der Waals surface area contributed by atoms with Gasteiger partial charge in [-0.15, -0.1) is 0 Å². The Labute approximate surface area is 250 Å². The van der Waals surface area contributed by atoms with Gasteiger partial charge in [-0.1, -0.05) is 37.6 Å². The number of phenols is 1. The summed E-state index contributed by atoms with van der Waals surface area (Å²) in [6.45, 7) is 2.13. The number of ketones is 4. The minimum absolute atomic E-state index is 0.0112. The van der Waals surface area contributed by atoms with Crippen molar-refractivity contribution in [3.8, 4) is 16.9 Å². The highest BCUT2D eigenvalue weighted by molar-refractivity contribution is 6.32. The van der Waals surface area contributed by atoms with Gasteiger partial charge in [0, 0.05) is 31.3 Å². The number of nitrogens with two attached hydrogens (primary N) is 1. The smallest absolute Gasteiger partial charge is 0.235 e. The summed E-state index contributed by atoms with van der Waals surface area (Å²) in [7, 11) is 6.79. The lowest BCUT2D eigenvalue weighted by molar-refractivity contribution is -0.181. The van der Waals surface area contributed by atoms with Crippen LogP contribution in [0.1, 0.15) is 47.7 Å². The Morgan fingerprint density at radius 3 is 2.26 bits per heavy atom. The maximum atomic E-state index is 14.2. The monoisotopic (exact) mass is 589 g/mol. The molecule has 0 spiro atoms. The molecule has 0 aliphatic heterocycles. The number of aryl methyl sites for hydroxylation is 1. The number of hydrogen-bond donors (Lipinski definition) is 3. The van der Waals surface area contributed by atoms with E-state index in [9.17, 15) is 34.2 Å². The Bertz CT molecular complexity index is 1530. The summed E-state index contributed by atoms with van der Waals surface area (Å²) in [5.41, 5.74) is 6.20. The predicted octanol–water partition coefficient (Wildman–Crippen LogP) is 1.94. The molecule has 43 heavy (non-hydrogen) atoms. The highest BCUT2D eigenvalue weighted by atomic mass is 16.3. The number of benzene rings is 2. The van der Waals surface area contributed by atoms with Crippen molar-refractivity contribution in [2.45, 2.75) is 50.7 Å². The van der Waals surface area contributed by atoms with Crippen LogP contribution in [0.2, 0.25) is 0 Å².